The van der Waals surface area contributed by atoms with Crippen molar-refractivity contribution in [3.63, 3.8) is 0 Å². The molecule has 352 valence electrons. The molecule has 0 saturated carbocycles. The number of carbonyl (C=O) groups is 6. The maximum absolute atomic E-state index is 14.4. The summed E-state index contributed by atoms with van der Waals surface area (Å²) in [5.74, 6) is -3.34. The van der Waals surface area contributed by atoms with Crippen LogP contribution in [-0.4, -0.2) is 107 Å². The summed E-state index contributed by atoms with van der Waals surface area (Å²) in [5, 5.41) is 22.0. The molecular formula is C48H60N8O10. The predicted molar refractivity (Wildman–Crippen MR) is 246 cm³/mol. The molecule has 4 bridgehead atoms. The number of methoxy groups -OCH3 is 1. The fourth-order valence-electron chi connectivity index (χ4n) is 7.31. The van der Waals surface area contributed by atoms with Crippen LogP contribution in [0, 0.1) is 13.8 Å². The van der Waals surface area contributed by atoms with Crippen molar-refractivity contribution in [2.24, 2.45) is 0 Å². The molecule has 2 heterocycles. The van der Waals surface area contributed by atoms with Crippen molar-refractivity contribution in [3.05, 3.63) is 88.2 Å². The molecule has 1 aliphatic rings. The lowest BCUT2D eigenvalue weighted by Crippen LogP contribution is -2.53. The highest BCUT2D eigenvalue weighted by molar-refractivity contribution is 5.99. The van der Waals surface area contributed by atoms with Gasteiger partial charge in [-0.05, 0) is 87.9 Å². The van der Waals surface area contributed by atoms with E-state index < -0.39 is 66.0 Å². The maximum Gasteiger partial charge on any atom is 0.407 e. The first kappa shape index (κ1) is 49.8. The highest BCUT2D eigenvalue weighted by atomic mass is 16.6. The lowest BCUT2D eigenvalue weighted by Gasteiger charge is -2.30. The molecule has 0 fully saturated rings. The van der Waals surface area contributed by atoms with E-state index in [4.69, 9.17) is 19.9 Å². The number of nitrogens with one attached hydrogen (secondary N) is 4. The van der Waals surface area contributed by atoms with Gasteiger partial charge in [0.2, 0.25) is 17.7 Å². The van der Waals surface area contributed by atoms with E-state index in [1.165, 1.54) is 38.2 Å². The number of esters is 1. The number of alkyl carbamates (subject to hydrolysis) is 1. The van der Waals surface area contributed by atoms with Gasteiger partial charge in [0, 0.05) is 30.2 Å². The SMILES string of the molecule is COC(=O)[C@@H]1Cc2cc(N)c(O)c(c2)-c2cc(ccc2OCCNC(=O)OC(C)(C)C)[C@H](N(C)C(=O)CNC(=O)c2c(C)nc(-c3ccc(C(C)(C)C)cc3)nc2C)C(=O)N[C@@H](C)C(=O)N1. The number of rotatable bonds is 10. The highest BCUT2D eigenvalue weighted by Crippen LogP contribution is 2.42. The van der Waals surface area contributed by atoms with Crippen molar-refractivity contribution in [2.45, 2.75) is 97.9 Å². The monoisotopic (exact) mass is 908 g/mol. The van der Waals surface area contributed by atoms with Crippen molar-refractivity contribution in [3.8, 4) is 34.0 Å². The van der Waals surface area contributed by atoms with Gasteiger partial charge in [-0.15, -0.1) is 0 Å². The zero-order valence-electron chi connectivity index (χ0n) is 39.3. The topological polar surface area (TPSA) is 253 Å². The van der Waals surface area contributed by atoms with Crippen molar-refractivity contribution < 1.29 is 48.1 Å². The second kappa shape index (κ2) is 20.3. The molecule has 3 aromatic carbocycles. The Balaban J connectivity index is 1.49. The van der Waals surface area contributed by atoms with Gasteiger partial charge in [-0.1, -0.05) is 51.1 Å². The summed E-state index contributed by atoms with van der Waals surface area (Å²) in [6, 6.07) is 11.6. The van der Waals surface area contributed by atoms with E-state index in [2.05, 4.69) is 52.0 Å². The third-order valence-corrected chi connectivity index (χ3v) is 10.8. The van der Waals surface area contributed by atoms with E-state index >= 15 is 0 Å². The van der Waals surface area contributed by atoms with Crippen LogP contribution in [0.5, 0.6) is 11.5 Å². The molecule has 0 unspecified atom stereocenters. The van der Waals surface area contributed by atoms with E-state index in [1.807, 2.05) is 24.3 Å². The number of hydrogen-bond acceptors (Lipinski definition) is 13. The summed E-state index contributed by atoms with van der Waals surface area (Å²) in [7, 11) is 2.52. The van der Waals surface area contributed by atoms with Crippen molar-refractivity contribution in [1.82, 2.24) is 36.1 Å². The molecule has 1 aliphatic heterocycles. The van der Waals surface area contributed by atoms with Crippen LogP contribution in [-0.2, 0) is 40.5 Å². The van der Waals surface area contributed by atoms with Crippen LogP contribution in [0.1, 0.15) is 92.9 Å². The molecule has 0 radical (unpaired) electrons. The van der Waals surface area contributed by atoms with Crippen LogP contribution in [0.2, 0.25) is 0 Å². The molecule has 0 aliphatic carbocycles. The van der Waals surface area contributed by atoms with Crippen molar-refractivity contribution in [1.29, 1.82) is 0 Å². The predicted octanol–water partition coefficient (Wildman–Crippen LogP) is 4.56. The van der Waals surface area contributed by atoms with Crippen LogP contribution in [0.3, 0.4) is 0 Å². The number of hydrogen-bond donors (Lipinski definition) is 6. The van der Waals surface area contributed by atoms with Crippen molar-refractivity contribution >= 4 is 41.4 Å². The van der Waals surface area contributed by atoms with Gasteiger partial charge in [0.15, 0.2) is 5.82 Å². The summed E-state index contributed by atoms with van der Waals surface area (Å²) in [5.41, 5.74) is 9.37. The Hall–Kier alpha value is -7.24. The number of aromatic nitrogens is 2. The first-order valence-electron chi connectivity index (χ1n) is 21.4. The molecular weight excluding hydrogens is 849 g/mol. The van der Waals surface area contributed by atoms with Gasteiger partial charge in [-0.25, -0.2) is 19.6 Å². The number of nitrogens with two attached hydrogens (primary N) is 1. The summed E-state index contributed by atoms with van der Waals surface area (Å²) in [6.07, 6.45) is -0.770. The lowest BCUT2D eigenvalue weighted by molar-refractivity contribution is -0.145. The Labute approximate surface area is 384 Å². The minimum Gasteiger partial charge on any atom is -0.505 e. The molecule has 0 spiro atoms. The van der Waals surface area contributed by atoms with Crippen LogP contribution in [0.4, 0.5) is 10.5 Å². The second-order valence-corrected chi connectivity index (χ2v) is 18.1. The number of carbonyl (C=O) groups excluding carboxylic acids is 6. The summed E-state index contributed by atoms with van der Waals surface area (Å²) >= 11 is 0. The number of anilines is 1. The molecule has 5 amide bonds. The van der Waals surface area contributed by atoms with Crippen LogP contribution < -0.4 is 31.7 Å². The largest absolute Gasteiger partial charge is 0.505 e. The quantitative estimate of drug-likeness (QED) is 0.0553. The highest BCUT2D eigenvalue weighted by Gasteiger charge is 2.34. The number of aromatic hydroxyl groups is 1. The van der Waals surface area contributed by atoms with E-state index in [0.29, 0.717) is 22.8 Å². The normalized spacial score (nSPS) is 16.4. The number of likely N-dealkylation sites (N-methyl/N-ethyl adjacent to an activating group) is 1. The number of nitrogens with zero attached hydrogens (tertiary/aromatic N) is 3. The number of amides is 5. The minimum atomic E-state index is -1.44. The van der Waals surface area contributed by atoms with Crippen LogP contribution >= 0.6 is 0 Å². The molecule has 3 atom stereocenters. The summed E-state index contributed by atoms with van der Waals surface area (Å²) < 4.78 is 16.4. The van der Waals surface area contributed by atoms with Crippen LogP contribution in [0.15, 0.2) is 54.6 Å². The summed E-state index contributed by atoms with van der Waals surface area (Å²) in [4.78, 5) is 91.2. The van der Waals surface area contributed by atoms with Gasteiger partial charge in [0.25, 0.3) is 5.91 Å². The van der Waals surface area contributed by atoms with Crippen LogP contribution in [0.25, 0.3) is 22.5 Å². The van der Waals surface area contributed by atoms with E-state index in [0.717, 1.165) is 23.1 Å². The van der Waals surface area contributed by atoms with Gasteiger partial charge >= 0.3 is 12.1 Å². The Bertz CT molecular complexity index is 2490. The molecule has 4 aromatic rings. The zero-order chi connectivity index (χ0) is 48.8. The number of ether oxygens (including phenoxy) is 3. The Morgan fingerprint density at radius 1 is 0.894 bits per heavy atom. The first-order valence-corrected chi connectivity index (χ1v) is 21.4. The smallest absolute Gasteiger partial charge is 0.407 e. The number of nitrogen functional groups attached to an aromatic ring is 1. The third kappa shape index (κ3) is 12.1. The van der Waals surface area contributed by atoms with E-state index in [9.17, 15) is 33.9 Å². The number of phenolic OH excluding ortho intramolecular Hbond substituents is 1. The van der Waals surface area contributed by atoms with Gasteiger partial charge in [-0.3, -0.25) is 19.2 Å². The molecule has 18 nitrogen and oxygen atoms in total. The Morgan fingerprint density at radius 3 is 2.15 bits per heavy atom. The molecule has 7 N–H and O–H groups in total. The number of aryl methyl sites for hydroxylation is 2. The van der Waals surface area contributed by atoms with Crippen molar-refractivity contribution in [2.75, 3.05) is 39.6 Å². The van der Waals surface area contributed by atoms with Gasteiger partial charge in [-0.2, -0.15) is 0 Å². The average molecular weight is 909 g/mol. The molecule has 0 saturated heterocycles. The Kier molecular flexibility index (Phi) is 15.3. The van der Waals surface area contributed by atoms with Gasteiger partial charge in [0.05, 0.1) is 42.8 Å². The van der Waals surface area contributed by atoms with E-state index in [-0.39, 0.29) is 64.4 Å². The standard InChI is InChI=1S/C48H60N8O10/c1-25-38(26(2)53-41(52-25)29-12-15-31(16-13-29)47(4,5)6)43(60)51-24-37(57)56(10)39-30-14-17-36(65-19-18-50-46(63)66-48(7,8)9)32(23-30)33-20-28(21-34(49)40(33)58)22-35(45(62)64-11)55-42(59)27(3)54-44(39)61/h12-17,20-21,23,27,35,39,58H,18-19,22,24,49H2,1-11H3,(H,50,63)(H,51,60)(H,54,61)(H,55,59)/t27-,35-,39-/m0/s1. The van der Waals surface area contributed by atoms with Gasteiger partial charge < -0.3 is 51.2 Å². The summed E-state index contributed by atoms with van der Waals surface area (Å²) in [6.45, 7) is 15.7. The Morgan fingerprint density at radius 2 is 1.55 bits per heavy atom. The fourth-order valence-corrected chi connectivity index (χ4v) is 7.31. The molecule has 66 heavy (non-hydrogen) atoms. The minimum absolute atomic E-state index is 0.0252. The molecule has 18 heteroatoms. The molecule has 1 aromatic heterocycles. The third-order valence-electron chi connectivity index (χ3n) is 10.8. The first-order chi connectivity index (χ1) is 30.9. The number of benzene rings is 3. The van der Waals surface area contributed by atoms with Gasteiger partial charge in [0.1, 0.15) is 41.8 Å². The number of phenols is 1. The fraction of sp³-hybridized carbons (Fsp3) is 0.417. The van der Waals surface area contributed by atoms with E-state index in [1.54, 1.807) is 40.7 Å². The average Bonchev–Trinajstić information content (AvgIpc) is 3.23. The number of fused-ring (bicyclic) bond motifs is 5. The maximum atomic E-state index is 14.4. The molecule has 5 rings (SSSR count). The lowest BCUT2D eigenvalue weighted by atomic mass is 9.86. The second-order valence-electron chi connectivity index (χ2n) is 18.1. The zero-order valence-corrected chi connectivity index (χ0v) is 39.3.